The SMILES string of the molecule is CCc1c(N)oc(-c2ccccc2)[n+]1CC[n+]1c(-c2ccccc2)oc(N)c1CC. The molecule has 2 heterocycles. The highest BCUT2D eigenvalue weighted by Gasteiger charge is 2.32. The molecule has 0 unspecified atom stereocenters. The van der Waals surface area contributed by atoms with Gasteiger partial charge >= 0.3 is 11.8 Å². The Morgan fingerprint density at radius 2 is 1.00 bits per heavy atom. The van der Waals surface area contributed by atoms with Gasteiger partial charge < -0.3 is 20.3 Å². The Labute approximate surface area is 176 Å². The monoisotopic (exact) mass is 404 g/mol. The molecule has 0 aliphatic heterocycles. The van der Waals surface area contributed by atoms with Crippen molar-refractivity contribution < 1.29 is 18.0 Å². The van der Waals surface area contributed by atoms with Crippen molar-refractivity contribution in [3.8, 4) is 22.9 Å². The topological polar surface area (TPSA) is 86.1 Å². The third-order valence-electron chi connectivity index (χ3n) is 5.38. The van der Waals surface area contributed by atoms with E-state index in [0.29, 0.717) is 24.9 Å². The van der Waals surface area contributed by atoms with Crippen LogP contribution in [0.2, 0.25) is 0 Å². The quantitative estimate of drug-likeness (QED) is 0.459. The van der Waals surface area contributed by atoms with Gasteiger partial charge in [-0.15, -0.1) is 0 Å². The van der Waals surface area contributed by atoms with E-state index in [1.165, 1.54) is 0 Å². The highest BCUT2D eigenvalue weighted by molar-refractivity contribution is 5.52. The van der Waals surface area contributed by atoms with Gasteiger partial charge in [0.15, 0.2) is 0 Å². The van der Waals surface area contributed by atoms with Crippen LogP contribution in [0.1, 0.15) is 25.2 Å². The summed E-state index contributed by atoms with van der Waals surface area (Å²) in [5.74, 6) is 2.46. The van der Waals surface area contributed by atoms with Crippen LogP contribution in [-0.4, -0.2) is 0 Å². The van der Waals surface area contributed by atoms with Crippen LogP contribution in [-0.2, 0) is 25.9 Å². The molecule has 30 heavy (non-hydrogen) atoms. The predicted molar refractivity (Wildman–Crippen MR) is 116 cm³/mol. The van der Waals surface area contributed by atoms with Crippen molar-refractivity contribution in [2.24, 2.45) is 0 Å². The Morgan fingerprint density at radius 1 is 0.633 bits per heavy atom. The number of hydrogen-bond acceptors (Lipinski definition) is 4. The molecule has 6 nitrogen and oxygen atoms in total. The standard InChI is InChI=1S/C24H28N4O2/c1-3-19-21(25)29-23(17-11-7-5-8-12-17)27(19)15-16-28-20(4-2)22(26)30-24(28)18-13-9-6-10-14-18/h5-14H,3-4,15-16,25-26H2,1-2H3/q+2. The maximum atomic E-state index is 6.21. The van der Waals surface area contributed by atoms with Crippen LogP contribution in [0.15, 0.2) is 69.5 Å². The zero-order chi connectivity index (χ0) is 21.1. The van der Waals surface area contributed by atoms with E-state index in [1.807, 2.05) is 60.7 Å². The lowest BCUT2D eigenvalue weighted by molar-refractivity contribution is -0.775. The number of oxazole rings is 2. The molecular formula is C24H28N4O2+2. The summed E-state index contributed by atoms with van der Waals surface area (Å²) in [6.07, 6.45) is 1.57. The zero-order valence-electron chi connectivity index (χ0n) is 17.5. The van der Waals surface area contributed by atoms with Crippen molar-refractivity contribution in [1.82, 2.24) is 0 Å². The van der Waals surface area contributed by atoms with Gasteiger partial charge in [0.05, 0.1) is 11.1 Å². The third-order valence-corrected chi connectivity index (χ3v) is 5.38. The van der Waals surface area contributed by atoms with E-state index in [1.54, 1.807) is 0 Å². The molecule has 154 valence electrons. The molecule has 0 radical (unpaired) electrons. The van der Waals surface area contributed by atoms with Crippen molar-refractivity contribution in [3.05, 3.63) is 72.1 Å². The summed E-state index contributed by atoms with van der Waals surface area (Å²) in [5.41, 5.74) is 16.4. The Bertz CT molecular complexity index is 1040. The van der Waals surface area contributed by atoms with Gasteiger partial charge in [0.2, 0.25) is 24.5 Å². The first-order valence-corrected chi connectivity index (χ1v) is 10.4. The van der Waals surface area contributed by atoms with E-state index < -0.39 is 0 Å². The van der Waals surface area contributed by atoms with Crippen molar-refractivity contribution in [2.45, 2.75) is 39.8 Å². The van der Waals surface area contributed by atoms with Gasteiger partial charge in [-0.1, -0.05) is 50.2 Å². The zero-order valence-corrected chi connectivity index (χ0v) is 17.5. The molecule has 0 bridgehead atoms. The highest BCUT2D eigenvalue weighted by Crippen LogP contribution is 2.24. The van der Waals surface area contributed by atoms with Gasteiger partial charge in [0, 0.05) is 12.8 Å². The summed E-state index contributed by atoms with van der Waals surface area (Å²) in [6, 6.07) is 20.1. The molecule has 6 heteroatoms. The molecule has 2 aromatic carbocycles. The number of rotatable bonds is 7. The van der Waals surface area contributed by atoms with Crippen LogP contribution in [0.3, 0.4) is 0 Å². The van der Waals surface area contributed by atoms with Crippen molar-refractivity contribution >= 4 is 11.8 Å². The Hall–Kier alpha value is -3.54. The lowest BCUT2D eigenvalue weighted by Crippen LogP contribution is -2.48. The summed E-state index contributed by atoms with van der Waals surface area (Å²) in [5, 5.41) is 0. The predicted octanol–water partition coefficient (Wildman–Crippen LogP) is 3.77. The van der Waals surface area contributed by atoms with Crippen LogP contribution in [0.5, 0.6) is 0 Å². The second-order valence-electron chi connectivity index (χ2n) is 7.18. The van der Waals surface area contributed by atoms with E-state index >= 15 is 0 Å². The Morgan fingerprint density at radius 3 is 1.33 bits per heavy atom. The number of anilines is 2. The van der Waals surface area contributed by atoms with E-state index in [-0.39, 0.29) is 0 Å². The van der Waals surface area contributed by atoms with Crippen molar-refractivity contribution in [2.75, 3.05) is 11.5 Å². The molecule has 0 aliphatic rings. The number of nitrogens with two attached hydrogens (primary N) is 2. The maximum Gasteiger partial charge on any atom is 0.382 e. The number of aromatic nitrogens is 2. The molecule has 0 spiro atoms. The minimum atomic E-state index is 0.465. The van der Waals surface area contributed by atoms with Crippen LogP contribution in [0.25, 0.3) is 22.9 Å². The molecule has 0 saturated heterocycles. The van der Waals surface area contributed by atoms with Crippen molar-refractivity contribution in [3.63, 3.8) is 0 Å². The summed E-state index contributed by atoms with van der Waals surface area (Å²) < 4.78 is 16.3. The fraction of sp³-hybridized carbons (Fsp3) is 0.250. The minimum absolute atomic E-state index is 0.465. The van der Waals surface area contributed by atoms with Crippen LogP contribution >= 0.6 is 0 Å². The molecule has 0 amide bonds. The first-order valence-electron chi connectivity index (χ1n) is 10.4. The number of benzene rings is 2. The van der Waals surface area contributed by atoms with Gasteiger partial charge in [0.1, 0.15) is 0 Å². The molecule has 4 rings (SSSR count). The number of nitrogen functional groups attached to an aromatic ring is 2. The summed E-state index contributed by atoms with van der Waals surface area (Å²) in [7, 11) is 0. The molecule has 0 atom stereocenters. The van der Waals surface area contributed by atoms with Gasteiger partial charge in [-0.05, 0) is 24.3 Å². The molecule has 0 aliphatic carbocycles. The summed E-state index contributed by atoms with van der Waals surface area (Å²) >= 11 is 0. The second-order valence-corrected chi connectivity index (χ2v) is 7.18. The molecule has 4 aromatic rings. The lowest BCUT2D eigenvalue weighted by atomic mass is 10.2. The molecule has 0 fully saturated rings. The van der Waals surface area contributed by atoms with Crippen LogP contribution in [0, 0.1) is 0 Å². The first-order chi connectivity index (χ1) is 14.6. The first kappa shape index (κ1) is 19.8. The van der Waals surface area contributed by atoms with Gasteiger partial charge in [-0.2, -0.15) is 9.13 Å². The fourth-order valence-corrected chi connectivity index (χ4v) is 3.94. The third kappa shape index (κ3) is 3.56. The van der Waals surface area contributed by atoms with Crippen molar-refractivity contribution in [1.29, 1.82) is 0 Å². The molecule has 4 N–H and O–H groups in total. The van der Waals surface area contributed by atoms with Crippen LogP contribution < -0.4 is 20.6 Å². The molecule has 2 aromatic heterocycles. The van der Waals surface area contributed by atoms with E-state index in [0.717, 1.165) is 47.1 Å². The average Bonchev–Trinajstić information content (AvgIpc) is 3.28. The average molecular weight is 405 g/mol. The summed E-state index contributed by atoms with van der Waals surface area (Å²) in [6.45, 7) is 5.54. The normalized spacial score (nSPS) is 11.1. The fourth-order valence-electron chi connectivity index (χ4n) is 3.94. The largest absolute Gasteiger partial charge is 0.382 e. The Kier molecular flexibility index (Phi) is 5.57. The van der Waals surface area contributed by atoms with Crippen LogP contribution in [0.4, 0.5) is 11.8 Å². The highest BCUT2D eigenvalue weighted by atomic mass is 16.4. The van der Waals surface area contributed by atoms with Gasteiger partial charge in [-0.25, -0.2) is 0 Å². The maximum absolute atomic E-state index is 6.21. The van der Waals surface area contributed by atoms with Gasteiger partial charge in [0.25, 0.3) is 11.8 Å². The molecular weight excluding hydrogens is 376 g/mol. The molecule has 0 saturated carbocycles. The number of hydrogen-bond donors (Lipinski definition) is 2. The minimum Gasteiger partial charge on any atom is -0.381 e. The van der Waals surface area contributed by atoms with E-state index in [4.69, 9.17) is 20.3 Å². The van der Waals surface area contributed by atoms with E-state index in [9.17, 15) is 0 Å². The lowest BCUT2D eigenvalue weighted by Gasteiger charge is -2.01. The number of nitrogens with zero attached hydrogens (tertiary/aromatic N) is 2. The van der Waals surface area contributed by atoms with E-state index in [2.05, 4.69) is 23.0 Å². The van der Waals surface area contributed by atoms with Gasteiger partial charge in [-0.3, -0.25) is 0 Å². The smallest absolute Gasteiger partial charge is 0.381 e. The summed E-state index contributed by atoms with van der Waals surface area (Å²) in [4.78, 5) is 0. The second kappa shape index (κ2) is 8.45. The Balaban J connectivity index is 1.74.